The number of hydrogen-bond acceptors (Lipinski definition) is 5. The summed E-state index contributed by atoms with van der Waals surface area (Å²) in [6, 6.07) is 18.3. The molecule has 8 heteroatoms. The first-order valence-corrected chi connectivity index (χ1v) is 12.3. The fraction of sp³-hybridized carbons (Fsp3) is 0.250. The monoisotopic (exact) mass is 480 g/mol. The molecule has 1 fully saturated rings. The number of hydrogen-bond donors (Lipinski definition) is 1. The van der Waals surface area contributed by atoms with Crippen LogP contribution in [0.4, 0.5) is 4.39 Å². The molecule has 0 spiro atoms. The molecule has 0 aliphatic heterocycles. The molecule has 1 aliphatic rings. The fourth-order valence-corrected chi connectivity index (χ4v) is 4.95. The number of pyridine rings is 2. The van der Waals surface area contributed by atoms with Crippen molar-refractivity contribution in [3.05, 3.63) is 83.8 Å². The van der Waals surface area contributed by atoms with Crippen LogP contribution >= 0.6 is 0 Å². The maximum Gasteiger partial charge on any atom is 0.254 e. The SMILES string of the molecule is O=C(NC1CCCCC1)c1ccc(-c2ccc3nnn(Cc4cccc5cccnc45)c3n2)cc1F. The molecule has 3 aromatic heterocycles. The topological polar surface area (TPSA) is 85.6 Å². The van der Waals surface area contributed by atoms with E-state index < -0.39 is 5.82 Å². The summed E-state index contributed by atoms with van der Waals surface area (Å²) in [5, 5.41) is 12.6. The average Bonchev–Trinajstić information content (AvgIpc) is 3.31. The molecule has 2 aromatic carbocycles. The van der Waals surface area contributed by atoms with Gasteiger partial charge >= 0.3 is 0 Å². The molecule has 180 valence electrons. The molecule has 0 atom stereocenters. The Morgan fingerprint density at radius 1 is 1.03 bits per heavy atom. The predicted octanol–water partition coefficient (Wildman–Crippen LogP) is 5.29. The van der Waals surface area contributed by atoms with Crippen molar-refractivity contribution in [1.29, 1.82) is 0 Å². The van der Waals surface area contributed by atoms with Crippen molar-refractivity contribution in [2.24, 2.45) is 0 Å². The molecule has 0 unspecified atom stereocenters. The van der Waals surface area contributed by atoms with E-state index in [-0.39, 0.29) is 17.5 Å². The highest BCUT2D eigenvalue weighted by Gasteiger charge is 2.20. The van der Waals surface area contributed by atoms with Gasteiger partial charge in [-0.1, -0.05) is 54.8 Å². The van der Waals surface area contributed by atoms with E-state index in [1.807, 2.05) is 36.4 Å². The molecular weight excluding hydrogens is 455 g/mol. The van der Waals surface area contributed by atoms with Crippen LogP contribution in [-0.4, -0.2) is 36.9 Å². The van der Waals surface area contributed by atoms with Gasteiger partial charge in [0, 0.05) is 23.2 Å². The van der Waals surface area contributed by atoms with Crippen molar-refractivity contribution < 1.29 is 9.18 Å². The zero-order valence-corrected chi connectivity index (χ0v) is 19.7. The van der Waals surface area contributed by atoms with Gasteiger partial charge in [-0.25, -0.2) is 14.1 Å². The molecule has 7 nitrogen and oxygen atoms in total. The lowest BCUT2D eigenvalue weighted by molar-refractivity contribution is 0.0923. The van der Waals surface area contributed by atoms with Gasteiger partial charge in [-0.15, -0.1) is 5.10 Å². The maximum absolute atomic E-state index is 15.0. The summed E-state index contributed by atoms with van der Waals surface area (Å²) in [5.74, 6) is -0.920. The Morgan fingerprint density at radius 3 is 2.75 bits per heavy atom. The van der Waals surface area contributed by atoms with Gasteiger partial charge in [0.05, 0.1) is 23.3 Å². The average molecular weight is 481 g/mol. The Labute approximate surface area is 207 Å². The van der Waals surface area contributed by atoms with E-state index >= 15 is 0 Å². The Morgan fingerprint density at radius 2 is 1.89 bits per heavy atom. The van der Waals surface area contributed by atoms with Gasteiger partial charge in [-0.2, -0.15) is 0 Å². The highest BCUT2D eigenvalue weighted by Crippen LogP contribution is 2.24. The van der Waals surface area contributed by atoms with E-state index in [4.69, 9.17) is 4.98 Å². The Balaban J connectivity index is 1.28. The molecule has 0 bridgehead atoms. The van der Waals surface area contributed by atoms with Crippen LogP contribution in [-0.2, 0) is 6.54 Å². The highest BCUT2D eigenvalue weighted by molar-refractivity contribution is 5.95. The van der Waals surface area contributed by atoms with Crippen LogP contribution in [0.5, 0.6) is 0 Å². The molecular formula is C28H25FN6O. The number of fused-ring (bicyclic) bond motifs is 2. The largest absolute Gasteiger partial charge is 0.349 e. The molecule has 36 heavy (non-hydrogen) atoms. The van der Waals surface area contributed by atoms with Crippen molar-refractivity contribution >= 4 is 28.0 Å². The van der Waals surface area contributed by atoms with Crippen molar-refractivity contribution in [2.75, 3.05) is 0 Å². The van der Waals surface area contributed by atoms with Crippen LogP contribution in [0.1, 0.15) is 48.0 Å². The molecule has 1 aliphatic carbocycles. The van der Waals surface area contributed by atoms with Gasteiger partial charge in [-0.05, 0) is 48.7 Å². The summed E-state index contributed by atoms with van der Waals surface area (Å²) >= 11 is 0. The minimum absolute atomic E-state index is 0.0561. The normalized spacial score (nSPS) is 14.4. The molecule has 1 N–H and O–H groups in total. The number of benzene rings is 2. The molecule has 5 aromatic rings. The minimum Gasteiger partial charge on any atom is -0.349 e. The first-order valence-electron chi connectivity index (χ1n) is 12.3. The van der Waals surface area contributed by atoms with E-state index in [2.05, 4.69) is 20.6 Å². The third-order valence-corrected chi connectivity index (χ3v) is 6.85. The zero-order chi connectivity index (χ0) is 24.5. The number of rotatable bonds is 5. The summed E-state index contributed by atoms with van der Waals surface area (Å²) in [7, 11) is 0. The van der Waals surface area contributed by atoms with Gasteiger partial charge in [0.15, 0.2) is 5.65 Å². The first kappa shape index (κ1) is 22.3. The van der Waals surface area contributed by atoms with Gasteiger partial charge in [0.1, 0.15) is 11.3 Å². The molecule has 6 rings (SSSR count). The molecule has 1 saturated carbocycles. The second-order valence-electron chi connectivity index (χ2n) is 9.28. The third-order valence-electron chi connectivity index (χ3n) is 6.85. The Bertz CT molecular complexity index is 1570. The lowest BCUT2D eigenvalue weighted by atomic mass is 9.95. The Hall–Kier alpha value is -4.20. The number of carbonyl (C=O) groups is 1. The van der Waals surface area contributed by atoms with Crippen LogP contribution < -0.4 is 5.32 Å². The van der Waals surface area contributed by atoms with Crippen molar-refractivity contribution in [3.63, 3.8) is 0 Å². The van der Waals surface area contributed by atoms with Gasteiger partial charge < -0.3 is 5.32 Å². The fourth-order valence-electron chi connectivity index (χ4n) is 4.95. The quantitative estimate of drug-likeness (QED) is 0.369. The van der Waals surface area contributed by atoms with Crippen LogP contribution in [0.3, 0.4) is 0 Å². The van der Waals surface area contributed by atoms with Gasteiger partial charge in [-0.3, -0.25) is 9.78 Å². The van der Waals surface area contributed by atoms with E-state index in [0.717, 1.165) is 42.1 Å². The van der Waals surface area contributed by atoms with Crippen molar-refractivity contribution in [3.8, 4) is 11.3 Å². The van der Waals surface area contributed by atoms with Gasteiger partial charge in [0.2, 0.25) is 0 Å². The highest BCUT2D eigenvalue weighted by atomic mass is 19.1. The summed E-state index contributed by atoms with van der Waals surface area (Å²) in [4.78, 5) is 21.9. The van der Waals surface area contributed by atoms with E-state index in [1.54, 1.807) is 23.0 Å². The Kier molecular flexibility index (Phi) is 5.85. The van der Waals surface area contributed by atoms with Crippen molar-refractivity contribution in [2.45, 2.75) is 44.7 Å². The second-order valence-corrected chi connectivity index (χ2v) is 9.28. The van der Waals surface area contributed by atoms with Crippen LogP contribution in [0.25, 0.3) is 33.3 Å². The van der Waals surface area contributed by atoms with Gasteiger partial charge in [0.25, 0.3) is 5.91 Å². The standard InChI is InChI=1S/C28H25FN6O/c29-23-16-19(11-12-22(23)28(36)31-21-9-2-1-3-10-21)24-13-14-25-27(32-24)35(34-33-25)17-20-7-4-6-18-8-5-15-30-26(18)20/h4-8,11-16,21H,1-3,9-10,17H2,(H,31,36). The molecule has 1 amide bonds. The maximum atomic E-state index is 15.0. The van der Waals surface area contributed by atoms with E-state index in [9.17, 15) is 9.18 Å². The number of nitrogens with zero attached hydrogens (tertiary/aromatic N) is 5. The molecule has 0 saturated heterocycles. The van der Waals surface area contributed by atoms with Crippen LogP contribution in [0, 0.1) is 5.82 Å². The number of halogens is 1. The predicted molar refractivity (Wildman–Crippen MR) is 136 cm³/mol. The molecule has 3 heterocycles. The smallest absolute Gasteiger partial charge is 0.254 e. The molecule has 0 radical (unpaired) electrons. The van der Waals surface area contributed by atoms with E-state index in [0.29, 0.717) is 29.0 Å². The van der Waals surface area contributed by atoms with Crippen LogP contribution in [0.2, 0.25) is 0 Å². The number of nitrogens with one attached hydrogen (secondary N) is 1. The summed E-state index contributed by atoms with van der Waals surface area (Å²) in [6.45, 7) is 0.454. The summed E-state index contributed by atoms with van der Waals surface area (Å²) < 4.78 is 16.7. The summed E-state index contributed by atoms with van der Waals surface area (Å²) in [6.07, 6.45) is 7.07. The zero-order valence-electron chi connectivity index (χ0n) is 19.7. The lowest BCUT2D eigenvalue weighted by Gasteiger charge is -2.22. The van der Waals surface area contributed by atoms with E-state index in [1.165, 1.54) is 18.6 Å². The van der Waals surface area contributed by atoms with Crippen LogP contribution in [0.15, 0.2) is 66.9 Å². The number of carbonyl (C=O) groups excluding carboxylic acids is 1. The summed E-state index contributed by atoms with van der Waals surface area (Å²) in [5.41, 5.74) is 4.38. The number of para-hydroxylation sites is 1. The first-order chi connectivity index (χ1) is 17.7. The lowest BCUT2D eigenvalue weighted by Crippen LogP contribution is -2.36. The number of amides is 1. The minimum atomic E-state index is -0.559. The van der Waals surface area contributed by atoms with Crippen molar-refractivity contribution in [1.82, 2.24) is 30.3 Å². The number of aromatic nitrogens is 5. The second kappa shape index (κ2) is 9.45. The third kappa shape index (κ3) is 4.30.